The van der Waals surface area contributed by atoms with E-state index in [1.807, 2.05) is 11.5 Å². The van der Waals surface area contributed by atoms with Gasteiger partial charge in [-0.2, -0.15) is 4.57 Å². The fourth-order valence-electron chi connectivity index (χ4n) is 5.24. The van der Waals surface area contributed by atoms with Crippen molar-refractivity contribution < 1.29 is 47.5 Å². The zero-order chi connectivity index (χ0) is 26.2. The molecule has 6 nitrogen and oxygen atoms in total. The molecule has 1 unspecified atom stereocenters. The fourth-order valence-corrected chi connectivity index (χ4v) is 5.24. The van der Waals surface area contributed by atoms with Crippen LogP contribution >= 0.6 is 0 Å². The summed E-state index contributed by atoms with van der Waals surface area (Å²) in [6, 6.07) is 0. The number of aromatic nitrogens is 1. The lowest BCUT2D eigenvalue weighted by Gasteiger charge is -2.27. The van der Waals surface area contributed by atoms with Crippen molar-refractivity contribution >= 4 is 11.7 Å². The van der Waals surface area contributed by atoms with Gasteiger partial charge in [-0.15, -0.1) is 0 Å². The lowest BCUT2D eigenvalue weighted by atomic mass is 9.97. The predicted molar refractivity (Wildman–Crippen MR) is 146 cm³/mol. The first kappa shape index (κ1) is 34.1. The van der Waals surface area contributed by atoms with E-state index in [1.54, 1.807) is 0 Å². The van der Waals surface area contributed by atoms with Crippen LogP contribution in [0, 0.1) is 6.92 Å². The number of nitrogens with zero attached hydrogens (tertiary/aromatic N) is 1. The van der Waals surface area contributed by atoms with Crippen LogP contribution in [0.4, 0.5) is 5.69 Å². The van der Waals surface area contributed by atoms with Gasteiger partial charge in [0.15, 0.2) is 0 Å². The maximum absolute atomic E-state index is 12.6. The van der Waals surface area contributed by atoms with Gasteiger partial charge in [-0.05, 0) is 20.3 Å². The summed E-state index contributed by atoms with van der Waals surface area (Å²) in [6.45, 7) is 8.85. The molecule has 0 aromatic carbocycles. The van der Waals surface area contributed by atoms with Gasteiger partial charge in [0.2, 0.25) is 5.69 Å². The number of carbonyl (C=O) groups excluding carboxylic acids is 1. The molecule has 0 spiro atoms. The van der Waals surface area contributed by atoms with Gasteiger partial charge in [0, 0.05) is 24.2 Å². The molecule has 214 valence electrons. The van der Waals surface area contributed by atoms with Gasteiger partial charge in [0.1, 0.15) is 18.3 Å². The normalized spacial score (nSPS) is 14.8. The quantitative estimate of drug-likeness (QED) is 0.101. The summed E-state index contributed by atoms with van der Waals surface area (Å²) in [7, 11) is 1.40. The third-order valence-electron chi connectivity index (χ3n) is 7.57. The van der Waals surface area contributed by atoms with Crippen molar-refractivity contribution in [1.82, 2.24) is 0 Å². The molecule has 1 aromatic rings. The molecule has 0 amide bonds. The summed E-state index contributed by atoms with van der Waals surface area (Å²) < 4.78 is 18.8. The van der Waals surface area contributed by atoms with Crippen LogP contribution in [-0.2, 0) is 27.4 Å². The summed E-state index contributed by atoms with van der Waals surface area (Å²) in [5.74, 6) is -0.414. The smallest absolute Gasteiger partial charge is 0.405 e. The number of halogens is 1. The van der Waals surface area contributed by atoms with Crippen molar-refractivity contribution in [3.05, 3.63) is 22.5 Å². The summed E-state index contributed by atoms with van der Waals surface area (Å²) >= 11 is 0. The highest BCUT2D eigenvalue weighted by Gasteiger charge is 2.38. The third kappa shape index (κ3) is 11.0. The van der Waals surface area contributed by atoms with Crippen LogP contribution < -0.4 is 34.3 Å². The lowest BCUT2D eigenvalue weighted by Crippen LogP contribution is -3.00. The molecule has 7 heteroatoms. The topological polar surface area (TPSA) is 74.7 Å². The summed E-state index contributed by atoms with van der Waals surface area (Å²) in [6.07, 6.45) is 19.8. The van der Waals surface area contributed by atoms with Crippen LogP contribution in [-0.4, -0.2) is 26.3 Å². The lowest BCUT2D eigenvalue weighted by molar-refractivity contribution is -0.707. The van der Waals surface area contributed by atoms with Crippen molar-refractivity contribution in [2.75, 3.05) is 26.1 Å². The Morgan fingerprint density at radius 2 is 1.46 bits per heavy atom. The average molecular weight is 633 g/mol. The predicted octanol–water partition coefficient (Wildman–Crippen LogP) is 4.13. The maximum atomic E-state index is 12.6. The van der Waals surface area contributed by atoms with Gasteiger partial charge < -0.3 is 43.9 Å². The zero-order valence-corrected chi connectivity index (χ0v) is 26.2. The van der Waals surface area contributed by atoms with Gasteiger partial charge in [-0.3, -0.25) is 0 Å². The molecule has 2 N–H and O–H groups in total. The van der Waals surface area contributed by atoms with Crippen LogP contribution in [0.1, 0.15) is 144 Å². The average Bonchev–Trinajstić information content (AvgIpc) is 2.85. The molecule has 0 radical (unpaired) electrons. The van der Waals surface area contributed by atoms with Gasteiger partial charge in [-0.1, -0.05) is 90.4 Å². The molecule has 1 aliphatic heterocycles. The largest absolute Gasteiger partial charge is 1.00 e. The van der Waals surface area contributed by atoms with Crippen molar-refractivity contribution in [3.63, 3.8) is 0 Å². The summed E-state index contributed by atoms with van der Waals surface area (Å²) in [5, 5.41) is 0. The molecule has 0 bridgehead atoms. The Hall–Kier alpha value is -0.930. The minimum absolute atomic E-state index is 0. The van der Waals surface area contributed by atoms with Crippen LogP contribution in [0.25, 0.3) is 0 Å². The Labute approximate surface area is 243 Å². The van der Waals surface area contributed by atoms with Crippen LogP contribution in [0.15, 0.2) is 0 Å². The summed E-state index contributed by atoms with van der Waals surface area (Å²) in [4.78, 5) is 12.6. The molecule has 1 aliphatic rings. The molecule has 1 saturated heterocycles. The minimum atomic E-state index is -0.414. The molecule has 2 heterocycles. The number of carbonyl (C=O) groups is 1. The highest BCUT2D eigenvalue weighted by molar-refractivity contribution is 5.92. The first-order chi connectivity index (χ1) is 17.6. The number of rotatable bonds is 20. The number of anilines is 1. The van der Waals surface area contributed by atoms with Crippen LogP contribution in [0.2, 0.25) is 0 Å². The number of pyridine rings is 1. The van der Waals surface area contributed by atoms with E-state index in [1.165, 1.54) is 90.6 Å². The van der Waals surface area contributed by atoms with Crippen molar-refractivity contribution in [3.8, 4) is 0 Å². The Kier molecular flexibility index (Phi) is 18.5. The van der Waals surface area contributed by atoms with Crippen LogP contribution in [0.3, 0.4) is 0 Å². The number of hydrogen-bond acceptors (Lipinski definition) is 5. The molecule has 0 saturated carbocycles. The highest BCUT2D eigenvalue weighted by atomic mass is 127. The Bertz CT molecular complexity index is 784. The first-order valence-electron chi connectivity index (χ1n) is 14.7. The van der Waals surface area contributed by atoms with Crippen LogP contribution in [0.5, 0.6) is 0 Å². The van der Waals surface area contributed by atoms with E-state index < -0.39 is 5.97 Å². The second kappa shape index (κ2) is 20.0. The number of esters is 1. The molecule has 37 heavy (non-hydrogen) atoms. The third-order valence-corrected chi connectivity index (χ3v) is 7.57. The number of nitrogens with two attached hydrogens (primary N) is 1. The first-order valence-corrected chi connectivity index (χ1v) is 14.7. The van der Waals surface area contributed by atoms with Gasteiger partial charge in [-0.25, -0.2) is 4.79 Å². The molecule has 1 fully saturated rings. The van der Waals surface area contributed by atoms with E-state index in [2.05, 4.69) is 13.8 Å². The van der Waals surface area contributed by atoms with E-state index in [0.29, 0.717) is 31.1 Å². The van der Waals surface area contributed by atoms with E-state index >= 15 is 0 Å². The Morgan fingerprint density at radius 1 is 0.946 bits per heavy atom. The van der Waals surface area contributed by atoms with Crippen molar-refractivity contribution in [1.29, 1.82) is 0 Å². The zero-order valence-electron chi connectivity index (χ0n) is 24.0. The monoisotopic (exact) mass is 632 g/mol. The van der Waals surface area contributed by atoms with E-state index in [4.69, 9.17) is 19.9 Å². The number of hydrogen-bond donors (Lipinski definition) is 1. The molecule has 1 atom stereocenters. The second-order valence-corrected chi connectivity index (χ2v) is 10.3. The van der Waals surface area contributed by atoms with Gasteiger partial charge >= 0.3 is 11.7 Å². The number of unbranched alkanes of at least 4 members (excludes halogenated alkanes) is 13. The van der Waals surface area contributed by atoms with Gasteiger partial charge in [0.05, 0.1) is 20.3 Å². The standard InChI is InChI=1S/C30H52N2O4.HI/c1-5-7-8-9-10-11-12-13-14-15-16-17-18-19-21-35-23-25-24(3)28(26-20-22-36-26)32(6-2)29(27(25)31)30(33)34-4;/h26H,5-23H2,1-4H3,(H-,31,33);1H. The molecule has 2 rings (SSSR count). The highest BCUT2D eigenvalue weighted by Crippen LogP contribution is 2.33. The number of ether oxygens (including phenoxy) is 3. The molecular weight excluding hydrogens is 579 g/mol. The number of nitrogen functional groups attached to an aromatic ring is 1. The molecule has 1 aromatic heterocycles. The second-order valence-electron chi connectivity index (χ2n) is 10.3. The number of methoxy groups -OCH3 is 1. The Balaban J connectivity index is 0.00000684. The SMILES string of the molecule is CCCCCCCCCCCCCCCCOCc1c(C)c(C2CCO2)[n+](CC)c(C(=O)OC)c1N.[I-]. The van der Waals surface area contributed by atoms with Crippen molar-refractivity contribution in [2.24, 2.45) is 0 Å². The van der Waals surface area contributed by atoms with Gasteiger partial charge in [0.25, 0.3) is 0 Å². The van der Waals surface area contributed by atoms with E-state index in [0.717, 1.165) is 36.3 Å². The van der Waals surface area contributed by atoms with E-state index in [-0.39, 0.29) is 30.1 Å². The molecule has 0 aliphatic carbocycles. The van der Waals surface area contributed by atoms with Crippen molar-refractivity contribution in [2.45, 2.75) is 136 Å². The fraction of sp³-hybridized carbons (Fsp3) is 0.800. The molecular formula is C30H53IN2O4. The Morgan fingerprint density at radius 3 is 1.89 bits per heavy atom. The van der Waals surface area contributed by atoms with E-state index in [9.17, 15) is 4.79 Å². The summed E-state index contributed by atoms with van der Waals surface area (Å²) in [5.41, 5.74) is 10.3. The minimum Gasteiger partial charge on any atom is -1.00 e. The maximum Gasteiger partial charge on any atom is 0.405 e.